The van der Waals surface area contributed by atoms with Crippen molar-refractivity contribution in [1.82, 2.24) is 0 Å². The van der Waals surface area contributed by atoms with Gasteiger partial charge in [-0.2, -0.15) is 0 Å². The summed E-state index contributed by atoms with van der Waals surface area (Å²) in [6.07, 6.45) is 0.355. The number of anilines is 2. The van der Waals surface area contributed by atoms with Crippen LogP contribution in [-0.2, 0) is 22.4 Å². The number of carbonyl (C=O) groups excluding carboxylic acids is 2. The lowest BCUT2D eigenvalue weighted by Crippen LogP contribution is -2.53. The van der Waals surface area contributed by atoms with Crippen LogP contribution in [0.25, 0.3) is 0 Å². The first-order valence-corrected chi connectivity index (χ1v) is 7.18. The molecule has 116 valence electrons. The van der Waals surface area contributed by atoms with Gasteiger partial charge < -0.3 is 10.6 Å². The molecule has 1 spiro atoms. The maximum Gasteiger partial charge on any atom is 0.240 e. The molecule has 2 aromatic rings. The third-order valence-corrected chi connectivity index (χ3v) is 4.49. The Morgan fingerprint density at radius 2 is 1.22 bits per heavy atom. The lowest BCUT2D eigenvalue weighted by atomic mass is 9.70. The normalized spacial score (nSPS) is 18.0. The molecular formula is C17H12F2N2O2. The van der Waals surface area contributed by atoms with E-state index >= 15 is 0 Å². The van der Waals surface area contributed by atoms with E-state index in [1.165, 1.54) is 24.3 Å². The van der Waals surface area contributed by atoms with Crippen LogP contribution in [0.4, 0.5) is 20.2 Å². The molecule has 4 rings (SSSR count). The zero-order chi connectivity index (χ0) is 16.2. The molecule has 2 aliphatic heterocycles. The number of halogens is 2. The Hall–Kier alpha value is -2.76. The number of carbonyl (C=O) groups is 2. The molecule has 0 radical (unpaired) electrons. The van der Waals surface area contributed by atoms with Crippen molar-refractivity contribution in [2.75, 3.05) is 10.6 Å². The van der Waals surface area contributed by atoms with Gasteiger partial charge >= 0.3 is 0 Å². The van der Waals surface area contributed by atoms with Gasteiger partial charge in [0.1, 0.15) is 17.0 Å². The van der Waals surface area contributed by atoms with Crippen LogP contribution in [0.5, 0.6) is 0 Å². The summed E-state index contributed by atoms with van der Waals surface area (Å²) in [7, 11) is 0. The lowest BCUT2D eigenvalue weighted by molar-refractivity contribution is -0.138. The molecule has 6 heteroatoms. The molecule has 2 aliphatic rings. The Morgan fingerprint density at radius 1 is 0.783 bits per heavy atom. The minimum absolute atomic E-state index is 0.178. The maximum absolute atomic E-state index is 13.3. The molecule has 2 heterocycles. The average Bonchev–Trinajstić information content (AvgIpc) is 2.50. The summed E-state index contributed by atoms with van der Waals surface area (Å²) in [5.74, 6) is -1.84. The van der Waals surface area contributed by atoms with Gasteiger partial charge in [-0.15, -0.1) is 0 Å². The number of nitrogens with one attached hydrogen (secondary N) is 2. The Morgan fingerprint density at radius 3 is 1.65 bits per heavy atom. The Balaban J connectivity index is 1.79. The quantitative estimate of drug-likeness (QED) is 0.735. The van der Waals surface area contributed by atoms with Gasteiger partial charge in [0.05, 0.1) is 0 Å². The maximum atomic E-state index is 13.3. The highest BCUT2D eigenvalue weighted by molar-refractivity contribution is 6.17. The number of amides is 2. The molecule has 2 amide bonds. The van der Waals surface area contributed by atoms with Crippen molar-refractivity contribution in [1.29, 1.82) is 0 Å². The van der Waals surface area contributed by atoms with Crippen LogP contribution in [0.1, 0.15) is 11.1 Å². The van der Waals surface area contributed by atoms with Crippen molar-refractivity contribution in [3.63, 3.8) is 0 Å². The van der Waals surface area contributed by atoms with Crippen LogP contribution in [0.3, 0.4) is 0 Å². The van der Waals surface area contributed by atoms with Crippen LogP contribution in [-0.4, -0.2) is 11.8 Å². The Bertz CT molecular complexity index is 792. The first-order chi connectivity index (χ1) is 11.0. The monoisotopic (exact) mass is 314 g/mol. The fourth-order valence-electron chi connectivity index (χ4n) is 3.26. The standard InChI is InChI=1S/C17H12F2N2O2/c18-11-3-1-9-7-17(15(22)20-13(9)5-11)8-10-2-4-12(19)6-14(10)21-16(17)23/h1-6H,7-8H2,(H,20,22)(H,21,23). The average molecular weight is 314 g/mol. The summed E-state index contributed by atoms with van der Waals surface area (Å²) in [4.78, 5) is 25.1. The van der Waals surface area contributed by atoms with Crippen molar-refractivity contribution < 1.29 is 18.4 Å². The second kappa shape index (κ2) is 4.62. The van der Waals surface area contributed by atoms with Gasteiger partial charge in [-0.05, 0) is 48.2 Å². The van der Waals surface area contributed by atoms with Crippen LogP contribution in [0.2, 0.25) is 0 Å². The molecule has 2 N–H and O–H groups in total. The number of benzene rings is 2. The molecule has 2 aromatic carbocycles. The highest BCUT2D eigenvalue weighted by atomic mass is 19.1. The summed E-state index contributed by atoms with van der Waals surface area (Å²) in [5.41, 5.74) is 0.880. The minimum atomic E-state index is -1.30. The summed E-state index contributed by atoms with van der Waals surface area (Å²) >= 11 is 0. The van der Waals surface area contributed by atoms with Gasteiger partial charge in [0.2, 0.25) is 11.8 Å². The SMILES string of the molecule is O=C1Nc2cc(F)ccc2CC12Cc1ccc(F)cc1NC2=O. The molecule has 0 bridgehead atoms. The zero-order valence-electron chi connectivity index (χ0n) is 12.0. The number of rotatable bonds is 0. The molecule has 4 nitrogen and oxygen atoms in total. The van der Waals surface area contributed by atoms with E-state index in [0.717, 1.165) is 0 Å². The first kappa shape index (κ1) is 13.9. The van der Waals surface area contributed by atoms with Gasteiger partial charge in [-0.1, -0.05) is 12.1 Å². The molecule has 0 aromatic heterocycles. The fourth-order valence-corrected chi connectivity index (χ4v) is 3.26. The molecule has 0 fully saturated rings. The van der Waals surface area contributed by atoms with E-state index in [1.54, 1.807) is 12.1 Å². The van der Waals surface area contributed by atoms with E-state index in [0.29, 0.717) is 22.5 Å². The smallest absolute Gasteiger partial charge is 0.240 e. The van der Waals surface area contributed by atoms with Crippen LogP contribution in [0, 0.1) is 17.0 Å². The topological polar surface area (TPSA) is 58.2 Å². The van der Waals surface area contributed by atoms with Gasteiger partial charge in [0, 0.05) is 11.4 Å². The number of hydrogen-bond donors (Lipinski definition) is 2. The van der Waals surface area contributed by atoms with E-state index in [1.807, 2.05) is 0 Å². The molecular weight excluding hydrogens is 302 g/mol. The summed E-state index contributed by atoms with van der Waals surface area (Å²) in [5, 5.41) is 5.24. The minimum Gasteiger partial charge on any atom is -0.325 e. The highest BCUT2D eigenvalue weighted by Crippen LogP contribution is 2.42. The highest BCUT2D eigenvalue weighted by Gasteiger charge is 2.51. The van der Waals surface area contributed by atoms with Crippen molar-refractivity contribution in [3.8, 4) is 0 Å². The van der Waals surface area contributed by atoms with Gasteiger partial charge in [-0.25, -0.2) is 8.78 Å². The van der Waals surface area contributed by atoms with E-state index in [2.05, 4.69) is 10.6 Å². The molecule has 0 saturated carbocycles. The zero-order valence-corrected chi connectivity index (χ0v) is 12.0. The third-order valence-electron chi connectivity index (χ3n) is 4.49. The number of fused-ring (bicyclic) bond motifs is 2. The molecule has 23 heavy (non-hydrogen) atoms. The summed E-state index contributed by atoms with van der Waals surface area (Å²) in [6.45, 7) is 0. The van der Waals surface area contributed by atoms with Crippen molar-refractivity contribution in [2.24, 2.45) is 5.41 Å². The van der Waals surface area contributed by atoms with Crippen LogP contribution < -0.4 is 10.6 Å². The van der Waals surface area contributed by atoms with Gasteiger partial charge in [0.25, 0.3) is 0 Å². The van der Waals surface area contributed by atoms with Crippen molar-refractivity contribution >= 4 is 23.2 Å². The van der Waals surface area contributed by atoms with Gasteiger partial charge in [0.15, 0.2) is 0 Å². The van der Waals surface area contributed by atoms with Crippen molar-refractivity contribution in [3.05, 3.63) is 59.2 Å². The predicted molar refractivity (Wildman–Crippen MR) is 79.9 cm³/mol. The van der Waals surface area contributed by atoms with Crippen LogP contribution >= 0.6 is 0 Å². The molecule has 0 saturated heterocycles. The van der Waals surface area contributed by atoms with Crippen LogP contribution in [0.15, 0.2) is 36.4 Å². The van der Waals surface area contributed by atoms with E-state index in [-0.39, 0.29) is 12.8 Å². The molecule has 0 aliphatic carbocycles. The summed E-state index contributed by atoms with van der Waals surface area (Å²) in [6, 6.07) is 8.22. The van der Waals surface area contributed by atoms with E-state index in [9.17, 15) is 18.4 Å². The number of hydrogen-bond acceptors (Lipinski definition) is 2. The van der Waals surface area contributed by atoms with E-state index in [4.69, 9.17) is 0 Å². The molecule has 0 unspecified atom stereocenters. The predicted octanol–water partition coefficient (Wildman–Crippen LogP) is 2.64. The fraction of sp³-hybridized carbons (Fsp3) is 0.176. The van der Waals surface area contributed by atoms with E-state index < -0.39 is 28.9 Å². The largest absolute Gasteiger partial charge is 0.325 e. The molecule has 0 atom stereocenters. The summed E-state index contributed by atoms with van der Waals surface area (Å²) < 4.78 is 26.6. The van der Waals surface area contributed by atoms with Gasteiger partial charge in [-0.3, -0.25) is 9.59 Å². The third kappa shape index (κ3) is 2.02. The lowest BCUT2D eigenvalue weighted by Gasteiger charge is -2.39. The Kier molecular flexibility index (Phi) is 2.78. The first-order valence-electron chi connectivity index (χ1n) is 7.18. The second-order valence-corrected chi connectivity index (χ2v) is 5.95. The Labute approximate surface area is 130 Å². The van der Waals surface area contributed by atoms with Crippen molar-refractivity contribution in [2.45, 2.75) is 12.8 Å². The second-order valence-electron chi connectivity index (χ2n) is 5.95.